The van der Waals surface area contributed by atoms with Gasteiger partial charge in [0.25, 0.3) is 5.91 Å². The van der Waals surface area contributed by atoms with E-state index in [1.807, 2.05) is 6.92 Å². The average Bonchev–Trinajstić information content (AvgIpc) is 2.38. The van der Waals surface area contributed by atoms with Crippen molar-refractivity contribution in [2.24, 2.45) is 5.92 Å². The molecule has 0 saturated heterocycles. The highest BCUT2D eigenvalue weighted by Gasteiger charge is 2.43. The standard InChI is InChI=1S/C14H17BrN2O3/c1-9-4-2-6-14(8-9,13(19)20)17-12(18)11-10(15)5-3-7-16-11/h3,5,7,9H,2,4,6,8H2,1H3,(H,17,18)(H,19,20). The van der Waals surface area contributed by atoms with Crippen molar-refractivity contribution in [2.45, 2.75) is 38.1 Å². The van der Waals surface area contributed by atoms with Gasteiger partial charge in [-0.05, 0) is 46.8 Å². The Morgan fingerprint density at radius 1 is 1.55 bits per heavy atom. The first kappa shape index (κ1) is 15.0. The van der Waals surface area contributed by atoms with Crippen LogP contribution in [0.5, 0.6) is 0 Å². The van der Waals surface area contributed by atoms with Crippen LogP contribution >= 0.6 is 15.9 Å². The van der Waals surface area contributed by atoms with Gasteiger partial charge in [0, 0.05) is 10.7 Å². The molecular formula is C14H17BrN2O3. The first-order chi connectivity index (χ1) is 9.44. The van der Waals surface area contributed by atoms with Crippen LogP contribution in [0.2, 0.25) is 0 Å². The lowest BCUT2D eigenvalue weighted by atomic mass is 9.76. The van der Waals surface area contributed by atoms with Gasteiger partial charge >= 0.3 is 5.97 Å². The molecule has 1 aromatic heterocycles. The van der Waals surface area contributed by atoms with Gasteiger partial charge in [-0.3, -0.25) is 4.79 Å². The highest BCUT2D eigenvalue weighted by Crippen LogP contribution is 2.33. The zero-order chi connectivity index (χ0) is 14.8. The second-order valence-electron chi connectivity index (χ2n) is 5.38. The smallest absolute Gasteiger partial charge is 0.329 e. The molecule has 20 heavy (non-hydrogen) atoms. The van der Waals surface area contributed by atoms with Crippen molar-refractivity contribution in [2.75, 3.05) is 0 Å². The molecule has 0 bridgehead atoms. The van der Waals surface area contributed by atoms with Gasteiger partial charge in [-0.1, -0.05) is 19.8 Å². The fourth-order valence-electron chi connectivity index (χ4n) is 2.74. The fraction of sp³-hybridized carbons (Fsp3) is 0.500. The van der Waals surface area contributed by atoms with Crippen molar-refractivity contribution >= 4 is 27.8 Å². The molecule has 2 rings (SSSR count). The lowest BCUT2D eigenvalue weighted by molar-refractivity contribution is -0.146. The van der Waals surface area contributed by atoms with Crippen molar-refractivity contribution in [3.63, 3.8) is 0 Å². The van der Waals surface area contributed by atoms with Gasteiger partial charge in [0.05, 0.1) is 0 Å². The summed E-state index contributed by atoms with van der Waals surface area (Å²) in [5, 5.41) is 12.2. The third-order valence-electron chi connectivity index (χ3n) is 3.73. The minimum Gasteiger partial charge on any atom is -0.480 e. The predicted octanol–water partition coefficient (Wildman–Crippen LogP) is 2.61. The molecule has 0 radical (unpaired) electrons. The first-order valence-electron chi connectivity index (χ1n) is 6.61. The van der Waals surface area contributed by atoms with Gasteiger partial charge in [-0.15, -0.1) is 0 Å². The van der Waals surface area contributed by atoms with Crippen LogP contribution in [0.15, 0.2) is 22.8 Å². The quantitative estimate of drug-likeness (QED) is 0.886. The van der Waals surface area contributed by atoms with Crippen molar-refractivity contribution < 1.29 is 14.7 Å². The molecule has 1 amide bonds. The van der Waals surface area contributed by atoms with E-state index in [0.717, 1.165) is 12.8 Å². The number of rotatable bonds is 3. The van der Waals surface area contributed by atoms with Crippen LogP contribution in [0.1, 0.15) is 43.1 Å². The lowest BCUT2D eigenvalue weighted by Gasteiger charge is -2.37. The fourth-order valence-corrected chi connectivity index (χ4v) is 3.18. The summed E-state index contributed by atoms with van der Waals surface area (Å²) in [4.78, 5) is 27.9. The number of aliphatic carboxylic acids is 1. The van der Waals surface area contributed by atoms with E-state index in [4.69, 9.17) is 0 Å². The van der Waals surface area contributed by atoms with Crippen molar-refractivity contribution in [3.8, 4) is 0 Å². The molecule has 2 atom stereocenters. The van der Waals surface area contributed by atoms with Crippen molar-refractivity contribution in [1.82, 2.24) is 10.3 Å². The van der Waals surface area contributed by atoms with Crippen LogP contribution in [-0.2, 0) is 4.79 Å². The van der Waals surface area contributed by atoms with Crippen molar-refractivity contribution in [1.29, 1.82) is 0 Å². The van der Waals surface area contributed by atoms with E-state index in [9.17, 15) is 14.7 Å². The monoisotopic (exact) mass is 340 g/mol. The number of aromatic nitrogens is 1. The number of pyridine rings is 1. The van der Waals surface area contributed by atoms with E-state index < -0.39 is 17.4 Å². The number of carboxylic acid groups (broad SMARTS) is 1. The second kappa shape index (κ2) is 5.91. The third-order valence-corrected chi connectivity index (χ3v) is 4.37. The molecule has 1 aromatic rings. The number of hydrogen-bond acceptors (Lipinski definition) is 3. The summed E-state index contributed by atoms with van der Waals surface area (Å²) >= 11 is 3.26. The molecule has 0 aromatic carbocycles. The minimum absolute atomic E-state index is 0.214. The topological polar surface area (TPSA) is 79.3 Å². The van der Waals surface area contributed by atoms with Crippen LogP contribution in [0, 0.1) is 5.92 Å². The maximum Gasteiger partial charge on any atom is 0.329 e. The summed E-state index contributed by atoms with van der Waals surface area (Å²) in [5.74, 6) is -1.13. The largest absolute Gasteiger partial charge is 0.480 e. The van der Waals surface area contributed by atoms with Crippen LogP contribution in [0.3, 0.4) is 0 Å². The number of nitrogens with zero attached hydrogens (tertiary/aromatic N) is 1. The summed E-state index contributed by atoms with van der Waals surface area (Å²) in [5.41, 5.74) is -0.961. The van der Waals surface area contributed by atoms with E-state index in [2.05, 4.69) is 26.2 Å². The molecule has 5 nitrogen and oxygen atoms in total. The Morgan fingerprint density at radius 2 is 2.30 bits per heavy atom. The average molecular weight is 341 g/mol. The number of carboxylic acids is 1. The van der Waals surface area contributed by atoms with Crippen LogP contribution < -0.4 is 5.32 Å². The van der Waals surface area contributed by atoms with E-state index in [1.165, 1.54) is 6.20 Å². The van der Waals surface area contributed by atoms with Gasteiger partial charge < -0.3 is 10.4 Å². The summed E-state index contributed by atoms with van der Waals surface area (Å²) in [6, 6.07) is 3.41. The molecule has 2 N–H and O–H groups in total. The Labute approximate surface area is 125 Å². The number of carbonyl (C=O) groups is 2. The maximum absolute atomic E-state index is 12.3. The van der Waals surface area contributed by atoms with E-state index in [0.29, 0.717) is 17.3 Å². The Hall–Kier alpha value is -1.43. The highest BCUT2D eigenvalue weighted by molar-refractivity contribution is 9.10. The highest BCUT2D eigenvalue weighted by atomic mass is 79.9. The van der Waals surface area contributed by atoms with E-state index in [-0.39, 0.29) is 11.6 Å². The number of halogens is 1. The van der Waals surface area contributed by atoms with Gasteiger partial charge in [0.15, 0.2) is 0 Å². The number of hydrogen-bond donors (Lipinski definition) is 2. The zero-order valence-electron chi connectivity index (χ0n) is 11.2. The third kappa shape index (κ3) is 3.00. The van der Waals surface area contributed by atoms with E-state index >= 15 is 0 Å². The molecule has 2 unspecified atom stereocenters. The molecular weight excluding hydrogens is 324 g/mol. The van der Waals surface area contributed by atoms with Gasteiger partial charge in [0.1, 0.15) is 11.2 Å². The second-order valence-corrected chi connectivity index (χ2v) is 6.23. The first-order valence-corrected chi connectivity index (χ1v) is 7.40. The number of nitrogens with one attached hydrogen (secondary N) is 1. The Balaban J connectivity index is 2.23. The minimum atomic E-state index is -1.17. The summed E-state index contributed by atoms with van der Waals surface area (Å²) in [7, 11) is 0. The molecule has 1 fully saturated rings. The van der Waals surface area contributed by atoms with Crippen LogP contribution in [-0.4, -0.2) is 27.5 Å². The van der Waals surface area contributed by atoms with Gasteiger partial charge in [-0.2, -0.15) is 0 Å². The molecule has 6 heteroatoms. The molecule has 0 spiro atoms. The van der Waals surface area contributed by atoms with Crippen molar-refractivity contribution in [3.05, 3.63) is 28.5 Å². The summed E-state index contributed by atoms with van der Waals surface area (Å²) < 4.78 is 0.557. The Kier molecular flexibility index (Phi) is 4.42. The Bertz CT molecular complexity index is 535. The predicted molar refractivity (Wildman–Crippen MR) is 77.4 cm³/mol. The van der Waals surface area contributed by atoms with Crippen LogP contribution in [0.4, 0.5) is 0 Å². The molecule has 108 valence electrons. The normalized spacial score (nSPS) is 26.0. The molecule has 0 aliphatic heterocycles. The summed E-state index contributed by atoms with van der Waals surface area (Å²) in [6.07, 6.45) is 4.23. The van der Waals surface area contributed by atoms with Crippen LogP contribution in [0.25, 0.3) is 0 Å². The summed E-state index contributed by atoms with van der Waals surface area (Å²) in [6.45, 7) is 2.01. The molecule has 1 saturated carbocycles. The maximum atomic E-state index is 12.3. The Morgan fingerprint density at radius 3 is 2.90 bits per heavy atom. The molecule has 1 heterocycles. The lowest BCUT2D eigenvalue weighted by Crippen LogP contribution is -2.57. The number of carbonyl (C=O) groups excluding carboxylic acids is 1. The zero-order valence-corrected chi connectivity index (χ0v) is 12.8. The molecule has 1 aliphatic carbocycles. The SMILES string of the molecule is CC1CCCC(NC(=O)c2ncccc2Br)(C(=O)O)C1. The van der Waals surface area contributed by atoms with E-state index in [1.54, 1.807) is 12.1 Å². The van der Waals surface area contributed by atoms with Gasteiger partial charge in [-0.25, -0.2) is 9.78 Å². The molecule has 1 aliphatic rings. The van der Waals surface area contributed by atoms with Gasteiger partial charge in [0.2, 0.25) is 0 Å². The number of amides is 1.